The van der Waals surface area contributed by atoms with E-state index in [1.54, 1.807) is 0 Å². The van der Waals surface area contributed by atoms with Crippen molar-refractivity contribution in [2.24, 2.45) is 0 Å². The molecule has 0 spiro atoms. The van der Waals surface area contributed by atoms with E-state index in [1.807, 2.05) is 29.2 Å². The van der Waals surface area contributed by atoms with E-state index < -0.39 is 0 Å². The molecule has 0 radical (unpaired) electrons. The molecule has 1 amide bonds. The number of rotatable bonds is 5. The zero-order valence-electron chi connectivity index (χ0n) is 17.9. The third-order valence-electron chi connectivity index (χ3n) is 6.59. The number of aryl methyl sites for hydroxylation is 1. The topological polar surface area (TPSA) is 45.6 Å². The van der Waals surface area contributed by atoms with Crippen molar-refractivity contribution in [3.63, 3.8) is 0 Å². The van der Waals surface area contributed by atoms with Gasteiger partial charge in [0, 0.05) is 59.2 Å². The Balaban J connectivity index is 1.35. The predicted octanol–water partition coefficient (Wildman–Crippen LogP) is 4.62. The Hall–Kier alpha value is -1.92. The number of amides is 1. The van der Waals surface area contributed by atoms with Crippen molar-refractivity contribution in [3.05, 3.63) is 57.3 Å². The van der Waals surface area contributed by atoms with Gasteiger partial charge in [-0.1, -0.05) is 28.8 Å². The van der Waals surface area contributed by atoms with Crippen LogP contribution in [0.4, 0.5) is 0 Å². The summed E-state index contributed by atoms with van der Waals surface area (Å²) in [7, 11) is 0. The Kier molecular flexibility index (Phi) is 6.44. The molecule has 1 aromatic carbocycles. The van der Waals surface area contributed by atoms with Gasteiger partial charge in [0.25, 0.3) is 5.91 Å². The van der Waals surface area contributed by atoms with Gasteiger partial charge in [-0.3, -0.25) is 14.5 Å². The largest absolute Gasteiger partial charge is 0.345 e. The van der Waals surface area contributed by atoms with Crippen LogP contribution in [0.25, 0.3) is 0 Å². The number of hydrogen-bond acceptors (Lipinski definition) is 3. The summed E-state index contributed by atoms with van der Waals surface area (Å²) in [6, 6.07) is 10.1. The molecule has 2 heterocycles. The Bertz CT molecular complexity index is 921. The van der Waals surface area contributed by atoms with Crippen molar-refractivity contribution >= 4 is 27.6 Å². The van der Waals surface area contributed by atoms with E-state index in [-0.39, 0.29) is 11.7 Å². The number of benzene rings is 1. The molecule has 2 aromatic rings. The van der Waals surface area contributed by atoms with E-state index in [0.717, 1.165) is 28.8 Å². The first-order valence-corrected chi connectivity index (χ1v) is 11.7. The second-order valence-corrected chi connectivity index (χ2v) is 9.51. The van der Waals surface area contributed by atoms with Gasteiger partial charge >= 0.3 is 0 Å². The molecule has 6 heteroatoms. The standard InChI is InChI=1S/C24H30BrN3O2/c1-17-15-22(18(2)28(17)21-5-3-4-6-21)23(29)16-26-11-13-27(14-12-26)24(30)19-7-9-20(25)10-8-19/h7-10,15,21H,3-6,11-14,16H2,1-2H3. The second-order valence-electron chi connectivity index (χ2n) is 8.59. The highest BCUT2D eigenvalue weighted by Crippen LogP contribution is 2.33. The maximum absolute atomic E-state index is 13.0. The summed E-state index contributed by atoms with van der Waals surface area (Å²) in [4.78, 5) is 29.8. The molecule has 1 aliphatic carbocycles. The summed E-state index contributed by atoms with van der Waals surface area (Å²) in [6.07, 6.45) is 5.01. The normalized spacial score (nSPS) is 18.2. The molecule has 2 aliphatic rings. The van der Waals surface area contributed by atoms with Crippen LogP contribution in [0.3, 0.4) is 0 Å². The van der Waals surface area contributed by atoms with Gasteiger partial charge < -0.3 is 9.47 Å². The number of halogens is 1. The number of aromatic nitrogens is 1. The minimum absolute atomic E-state index is 0.0635. The summed E-state index contributed by atoms with van der Waals surface area (Å²) in [6.45, 7) is 7.41. The second kappa shape index (κ2) is 9.06. The molecule has 0 unspecified atom stereocenters. The fraction of sp³-hybridized carbons (Fsp3) is 0.500. The third kappa shape index (κ3) is 4.40. The summed E-state index contributed by atoms with van der Waals surface area (Å²) in [5.74, 6) is 0.258. The van der Waals surface area contributed by atoms with Gasteiger partial charge in [-0.25, -0.2) is 0 Å². The first-order chi connectivity index (χ1) is 14.4. The summed E-state index contributed by atoms with van der Waals surface area (Å²) in [5.41, 5.74) is 3.90. The number of carbonyl (C=O) groups excluding carboxylic acids is 2. The number of ketones is 1. The molecule has 160 valence electrons. The lowest BCUT2D eigenvalue weighted by molar-refractivity contribution is 0.0624. The molecular weight excluding hydrogens is 442 g/mol. The van der Waals surface area contributed by atoms with E-state index in [2.05, 4.69) is 45.3 Å². The van der Waals surface area contributed by atoms with Gasteiger partial charge in [-0.05, 0) is 57.0 Å². The van der Waals surface area contributed by atoms with Crippen molar-refractivity contribution in [2.45, 2.75) is 45.6 Å². The molecule has 0 atom stereocenters. The van der Waals surface area contributed by atoms with Crippen LogP contribution in [0.2, 0.25) is 0 Å². The van der Waals surface area contributed by atoms with Gasteiger partial charge in [0.1, 0.15) is 0 Å². The predicted molar refractivity (Wildman–Crippen MR) is 122 cm³/mol. The lowest BCUT2D eigenvalue weighted by Gasteiger charge is -2.34. The smallest absolute Gasteiger partial charge is 0.253 e. The molecule has 4 rings (SSSR count). The average Bonchev–Trinajstić information content (AvgIpc) is 3.36. The third-order valence-corrected chi connectivity index (χ3v) is 7.12. The van der Waals surface area contributed by atoms with Crippen molar-refractivity contribution in [1.82, 2.24) is 14.4 Å². The fourth-order valence-corrected chi connectivity index (χ4v) is 5.22. The Morgan fingerprint density at radius 1 is 1.00 bits per heavy atom. The van der Waals surface area contributed by atoms with E-state index in [1.165, 1.54) is 31.4 Å². The lowest BCUT2D eigenvalue weighted by atomic mass is 10.1. The minimum atomic E-state index is 0.0635. The highest BCUT2D eigenvalue weighted by molar-refractivity contribution is 9.10. The molecule has 1 aromatic heterocycles. The van der Waals surface area contributed by atoms with Crippen molar-refractivity contribution in [3.8, 4) is 0 Å². The number of carbonyl (C=O) groups is 2. The molecule has 1 saturated heterocycles. The summed E-state index contributed by atoms with van der Waals surface area (Å²) >= 11 is 3.41. The summed E-state index contributed by atoms with van der Waals surface area (Å²) in [5, 5.41) is 0. The van der Waals surface area contributed by atoms with E-state index >= 15 is 0 Å². The molecule has 2 fully saturated rings. The van der Waals surface area contributed by atoms with Crippen LogP contribution in [0.5, 0.6) is 0 Å². The minimum Gasteiger partial charge on any atom is -0.345 e. The lowest BCUT2D eigenvalue weighted by Crippen LogP contribution is -2.49. The number of hydrogen-bond donors (Lipinski definition) is 0. The maximum Gasteiger partial charge on any atom is 0.253 e. The Morgan fingerprint density at radius 3 is 2.27 bits per heavy atom. The number of Topliss-reactive ketones (excluding diaryl/α,β-unsaturated/α-hetero) is 1. The quantitative estimate of drug-likeness (QED) is 0.597. The molecular formula is C24H30BrN3O2. The number of piperazine rings is 1. The zero-order chi connectivity index (χ0) is 21.3. The Labute approximate surface area is 187 Å². The van der Waals surface area contributed by atoms with Crippen LogP contribution in [0.15, 0.2) is 34.8 Å². The van der Waals surface area contributed by atoms with Crippen LogP contribution in [-0.4, -0.2) is 58.8 Å². The van der Waals surface area contributed by atoms with Gasteiger partial charge in [-0.2, -0.15) is 0 Å². The first-order valence-electron chi connectivity index (χ1n) is 10.9. The van der Waals surface area contributed by atoms with E-state index in [9.17, 15) is 9.59 Å². The molecule has 5 nitrogen and oxygen atoms in total. The molecule has 0 bridgehead atoms. The van der Waals surface area contributed by atoms with Crippen LogP contribution < -0.4 is 0 Å². The average molecular weight is 472 g/mol. The maximum atomic E-state index is 13.0. The van der Waals surface area contributed by atoms with Crippen LogP contribution in [0, 0.1) is 13.8 Å². The summed E-state index contributed by atoms with van der Waals surface area (Å²) < 4.78 is 3.35. The van der Waals surface area contributed by atoms with E-state index in [0.29, 0.717) is 31.2 Å². The van der Waals surface area contributed by atoms with Crippen molar-refractivity contribution < 1.29 is 9.59 Å². The van der Waals surface area contributed by atoms with Gasteiger partial charge in [0.15, 0.2) is 5.78 Å². The fourth-order valence-electron chi connectivity index (χ4n) is 4.96. The van der Waals surface area contributed by atoms with Gasteiger partial charge in [0.05, 0.1) is 6.54 Å². The Morgan fingerprint density at radius 2 is 1.63 bits per heavy atom. The van der Waals surface area contributed by atoms with Crippen LogP contribution >= 0.6 is 15.9 Å². The van der Waals surface area contributed by atoms with Crippen LogP contribution in [0.1, 0.15) is 63.8 Å². The molecule has 1 saturated carbocycles. The molecule has 30 heavy (non-hydrogen) atoms. The zero-order valence-corrected chi connectivity index (χ0v) is 19.5. The van der Waals surface area contributed by atoms with E-state index in [4.69, 9.17) is 0 Å². The first kappa shape index (κ1) is 21.3. The van der Waals surface area contributed by atoms with Crippen molar-refractivity contribution in [2.75, 3.05) is 32.7 Å². The van der Waals surface area contributed by atoms with Crippen LogP contribution in [-0.2, 0) is 0 Å². The monoisotopic (exact) mass is 471 g/mol. The molecule has 1 aliphatic heterocycles. The van der Waals surface area contributed by atoms with Crippen molar-refractivity contribution in [1.29, 1.82) is 0 Å². The molecule has 0 N–H and O–H groups in total. The van der Waals surface area contributed by atoms with Gasteiger partial charge in [0.2, 0.25) is 0 Å². The number of nitrogens with zero attached hydrogens (tertiary/aromatic N) is 3. The highest BCUT2D eigenvalue weighted by atomic mass is 79.9. The highest BCUT2D eigenvalue weighted by Gasteiger charge is 2.26. The SMILES string of the molecule is Cc1cc(C(=O)CN2CCN(C(=O)c3ccc(Br)cc3)CC2)c(C)n1C1CCCC1. The van der Waals surface area contributed by atoms with Gasteiger partial charge in [-0.15, -0.1) is 0 Å².